The number of carbonyl (C=O) groups is 1. The summed E-state index contributed by atoms with van der Waals surface area (Å²) in [5.74, 6) is -0.829. The van der Waals surface area contributed by atoms with Crippen molar-refractivity contribution in [2.24, 2.45) is 5.92 Å². The Labute approximate surface area is 186 Å². The molecule has 2 aromatic heterocycles. The van der Waals surface area contributed by atoms with Crippen molar-refractivity contribution >= 4 is 17.4 Å². The molecule has 3 heterocycles. The molecule has 0 bridgehead atoms. The average Bonchev–Trinajstić information content (AvgIpc) is 3.24. The van der Waals surface area contributed by atoms with Crippen LogP contribution in [0.25, 0.3) is 5.65 Å². The van der Waals surface area contributed by atoms with Gasteiger partial charge in [-0.25, -0.2) is 4.39 Å². The Morgan fingerprint density at radius 2 is 1.82 bits per heavy atom. The molecule has 4 rings (SSSR count). The number of carbonyl (C=O) groups excluding carboxylic acids is 1. The number of benzene rings is 1. The van der Waals surface area contributed by atoms with E-state index in [1.165, 1.54) is 30.3 Å². The summed E-state index contributed by atoms with van der Waals surface area (Å²) in [7, 11) is 1.70. The highest BCUT2D eigenvalue weighted by Gasteiger charge is 2.38. The molecule has 0 spiro atoms. The van der Waals surface area contributed by atoms with E-state index in [-0.39, 0.29) is 29.9 Å². The van der Waals surface area contributed by atoms with E-state index in [0.717, 1.165) is 0 Å². The van der Waals surface area contributed by atoms with Gasteiger partial charge in [0.1, 0.15) is 24.0 Å². The van der Waals surface area contributed by atoms with Gasteiger partial charge in [0.05, 0.1) is 6.54 Å². The molecule has 176 valence electrons. The fraction of sp³-hybridized carbons (Fsp3) is 0.429. The number of fused-ring (bicyclic) bond motifs is 1. The molecule has 12 heteroatoms. The molecule has 1 aliphatic rings. The Morgan fingerprint density at radius 3 is 2.48 bits per heavy atom. The third kappa shape index (κ3) is 5.15. The van der Waals surface area contributed by atoms with E-state index < -0.39 is 12.0 Å². The molecule has 0 unspecified atom stereocenters. The normalized spacial score (nSPS) is 15.1. The number of alkyl halides is 3. The van der Waals surface area contributed by atoms with E-state index in [1.54, 1.807) is 18.0 Å². The van der Waals surface area contributed by atoms with Crippen molar-refractivity contribution < 1.29 is 27.1 Å². The van der Waals surface area contributed by atoms with Crippen LogP contribution in [-0.4, -0.2) is 63.9 Å². The van der Waals surface area contributed by atoms with Crippen LogP contribution in [0, 0.1) is 11.7 Å². The van der Waals surface area contributed by atoms with E-state index in [9.17, 15) is 22.4 Å². The maximum Gasteiger partial charge on any atom is 0.453 e. The zero-order valence-electron chi connectivity index (χ0n) is 17.8. The second-order valence-corrected chi connectivity index (χ2v) is 7.81. The first-order chi connectivity index (χ1) is 15.7. The molecule has 1 aromatic carbocycles. The SMILES string of the molecule is CN(CCOc1ccc(F)cc1)C(=O)C1CCN(c2ccc3nnc(C(F)(F)F)n3n2)CC1. The molecule has 1 aliphatic heterocycles. The lowest BCUT2D eigenvalue weighted by Crippen LogP contribution is -2.42. The number of likely N-dealkylation sites (N-methyl/N-ethyl adjacent to an activating group) is 1. The minimum Gasteiger partial charge on any atom is -0.492 e. The molecule has 0 atom stereocenters. The van der Waals surface area contributed by atoms with Gasteiger partial charge in [0.15, 0.2) is 5.65 Å². The summed E-state index contributed by atoms with van der Waals surface area (Å²) in [6, 6.07) is 8.70. The molecule has 1 saturated heterocycles. The number of anilines is 1. The highest BCUT2D eigenvalue weighted by molar-refractivity contribution is 5.79. The minimum atomic E-state index is -4.66. The van der Waals surface area contributed by atoms with Crippen LogP contribution in [0.2, 0.25) is 0 Å². The molecule has 1 fully saturated rings. The Hall–Kier alpha value is -3.44. The first-order valence-corrected chi connectivity index (χ1v) is 10.4. The van der Waals surface area contributed by atoms with E-state index in [1.807, 2.05) is 4.90 Å². The summed E-state index contributed by atoms with van der Waals surface area (Å²) in [6.07, 6.45) is -3.55. The van der Waals surface area contributed by atoms with Gasteiger partial charge in [-0.3, -0.25) is 4.79 Å². The summed E-state index contributed by atoms with van der Waals surface area (Å²) >= 11 is 0. The molecule has 0 saturated carbocycles. The molecule has 0 radical (unpaired) electrons. The first-order valence-electron chi connectivity index (χ1n) is 10.4. The van der Waals surface area contributed by atoms with Crippen molar-refractivity contribution in [2.45, 2.75) is 19.0 Å². The van der Waals surface area contributed by atoms with Gasteiger partial charge in [0.25, 0.3) is 5.82 Å². The quantitative estimate of drug-likeness (QED) is 0.520. The molecule has 8 nitrogen and oxygen atoms in total. The Kier molecular flexibility index (Phi) is 6.34. The maximum atomic E-state index is 13.1. The molecule has 0 aliphatic carbocycles. The summed E-state index contributed by atoms with van der Waals surface area (Å²) in [4.78, 5) is 16.2. The van der Waals surface area contributed by atoms with E-state index in [4.69, 9.17) is 4.74 Å². The number of aromatic nitrogens is 4. The van der Waals surface area contributed by atoms with Gasteiger partial charge in [0.2, 0.25) is 5.91 Å². The Morgan fingerprint density at radius 1 is 1.12 bits per heavy atom. The standard InChI is InChI=1S/C21H22F4N6O2/c1-29(12-13-33-16-4-2-15(22)3-5-16)19(32)14-8-10-30(11-9-14)18-7-6-17-26-27-20(21(23,24)25)31(17)28-18/h2-7,14H,8-13H2,1H3. The lowest BCUT2D eigenvalue weighted by Gasteiger charge is -2.33. The highest BCUT2D eigenvalue weighted by Crippen LogP contribution is 2.29. The second kappa shape index (κ2) is 9.20. The van der Waals surface area contributed by atoms with Crippen molar-refractivity contribution in [1.82, 2.24) is 24.7 Å². The van der Waals surface area contributed by atoms with Crippen molar-refractivity contribution in [3.63, 3.8) is 0 Å². The van der Waals surface area contributed by atoms with Gasteiger partial charge >= 0.3 is 6.18 Å². The highest BCUT2D eigenvalue weighted by atomic mass is 19.4. The predicted molar refractivity (Wildman–Crippen MR) is 110 cm³/mol. The van der Waals surface area contributed by atoms with Crippen LogP contribution in [0.15, 0.2) is 36.4 Å². The third-order valence-electron chi connectivity index (χ3n) is 5.56. The van der Waals surface area contributed by atoms with Crippen molar-refractivity contribution in [1.29, 1.82) is 0 Å². The van der Waals surface area contributed by atoms with Gasteiger partial charge < -0.3 is 14.5 Å². The zero-order valence-corrected chi connectivity index (χ0v) is 17.8. The third-order valence-corrected chi connectivity index (χ3v) is 5.56. The Bertz CT molecular complexity index is 1110. The summed E-state index contributed by atoms with van der Waals surface area (Å²) < 4.78 is 58.5. The van der Waals surface area contributed by atoms with E-state index in [0.29, 0.717) is 48.6 Å². The number of rotatable bonds is 6. The van der Waals surface area contributed by atoms with Gasteiger partial charge in [-0.2, -0.15) is 17.7 Å². The largest absolute Gasteiger partial charge is 0.492 e. The average molecular weight is 466 g/mol. The minimum absolute atomic E-state index is 0.0145. The smallest absolute Gasteiger partial charge is 0.453 e. The van der Waals surface area contributed by atoms with Crippen LogP contribution >= 0.6 is 0 Å². The topological polar surface area (TPSA) is 75.9 Å². The van der Waals surface area contributed by atoms with Gasteiger partial charge in [-0.15, -0.1) is 15.3 Å². The van der Waals surface area contributed by atoms with Crippen molar-refractivity contribution in [2.75, 3.05) is 38.2 Å². The molecular weight excluding hydrogens is 444 g/mol. The monoisotopic (exact) mass is 466 g/mol. The lowest BCUT2D eigenvalue weighted by molar-refractivity contribution is -0.146. The summed E-state index contributed by atoms with van der Waals surface area (Å²) in [6.45, 7) is 1.62. The van der Waals surface area contributed by atoms with Gasteiger partial charge in [-0.1, -0.05) is 0 Å². The second-order valence-electron chi connectivity index (χ2n) is 7.81. The van der Waals surface area contributed by atoms with Gasteiger partial charge in [0, 0.05) is 26.1 Å². The van der Waals surface area contributed by atoms with Crippen molar-refractivity contribution in [3.05, 3.63) is 48.0 Å². The molecule has 33 heavy (non-hydrogen) atoms. The Balaban J connectivity index is 1.30. The fourth-order valence-corrected chi connectivity index (χ4v) is 3.73. The van der Waals surface area contributed by atoms with Crippen molar-refractivity contribution in [3.8, 4) is 5.75 Å². The first kappa shape index (κ1) is 22.7. The van der Waals surface area contributed by atoms with Crippen LogP contribution in [0.3, 0.4) is 0 Å². The summed E-state index contributed by atoms with van der Waals surface area (Å²) in [5.41, 5.74) is 0.0145. The number of amides is 1. The summed E-state index contributed by atoms with van der Waals surface area (Å²) in [5, 5.41) is 10.8. The van der Waals surface area contributed by atoms with Crippen LogP contribution in [0.4, 0.5) is 23.4 Å². The molecular formula is C21H22F4N6O2. The van der Waals surface area contributed by atoms with Crippen LogP contribution in [0.1, 0.15) is 18.7 Å². The van der Waals surface area contributed by atoms with Crippen LogP contribution in [-0.2, 0) is 11.0 Å². The number of hydrogen-bond acceptors (Lipinski definition) is 6. The number of nitrogens with zero attached hydrogens (tertiary/aromatic N) is 6. The lowest BCUT2D eigenvalue weighted by atomic mass is 9.95. The predicted octanol–water partition coefficient (Wildman–Crippen LogP) is 3.04. The molecule has 3 aromatic rings. The number of ether oxygens (including phenoxy) is 1. The maximum absolute atomic E-state index is 13.1. The van der Waals surface area contributed by atoms with E-state index >= 15 is 0 Å². The number of piperidine rings is 1. The van der Waals surface area contributed by atoms with E-state index in [2.05, 4.69) is 15.3 Å². The number of hydrogen-bond donors (Lipinski definition) is 0. The van der Waals surface area contributed by atoms with Crippen LogP contribution in [0.5, 0.6) is 5.75 Å². The molecule has 1 amide bonds. The number of halogens is 4. The van der Waals surface area contributed by atoms with Crippen LogP contribution < -0.4 is 9.64 Å². The van der Waals surface area contributed by atoms with Gasteiger partial charge in [-0.05, 0) is 49.2 Å². The molecule has 0 N–H and O–H groups in total. The zero-order chi connectivity index (χ0) is 23.6. The fourth-order valence-electron chi connectivity index (χ4n) is 3.73.